The first-order chi connectivity index (χ1) is 9.60. The van der Waals surface area contributed by atoms with E-state index >= 15 is 0 Å². The maximum absolute atomic E-state index is 5.80. The molecule has 0 amide bonds. The van der Waals surface area contributed by atoms with Crippen LogP contribution in [0.15, 0.2) is 24.3 Å². The van der Waals surface area contributed by atoms with Crippen LogP contribution in [-0.2, 0) is 5.41 Å². The molecule has 2 heteroatoms. The fourth-order valence-corrected chi connectivity index (χ4v) is 2.15. The molecule has 0 heterocycles. The molecule has 0 aliphatic rings. The van der Waals surface area contributed by atoms with Gasteiger partial charge in [-0.1, -0.05) is 45.7 Å². The highest BCUT2D eigenvalue weighted by molar-refractivity contribution is 5.31. The molecule has 0 radical (unpaired) electrons. The molecule has 1 aromatic rings. The summed E-state index contributed by atoms with van der Waals surface area (Å²) in [6.07, 6.45) is 6.10. The fourth-order valence-electron chi connectivity index (χ4n) is 2.15. The van der Waals surface area contributed by atoms with E-state index in [2.05, 4.69) is 50.4 Å². The van der Waals surface area contributed by atoms with Crippen LogP contribution >= 0.6 is 0 Å². The molecule has 0 unspecified atom stereocenters. The van der Waals surface area contributed by atoms with E-state index in [0.717, 1.165) is 31.7 Å². The Labute approximate surface area is 124 Å². The van der Waals surface area contributed by atoms with E-state index in [9.17, 15) is 0 Å². The van der Waals surface area contributed by atoms with Gasteiger partial charge < -0.3 is 10.1 Å². The normalized spacial score (nSPS) is 11.6. The lowest BCUT2D eigenvalue weighted by Gasteiger charge is -2.23. The molecule has 0 saturated heterocycles. The summed E-state index contributed by atoms with van der Waals surface area (Å²) in [6, 6.07) is 8.61. The van der Waals surface area contributed by atoms with Gasteiger partial charge in [0, 0.05) is 0 Å². The largest absolute Gasteiger partial charge is 0.494 e. The Morgan fingerprint density at radius 3 is 2.25 bits per heavy atom. The Hall–Kier alpha value is -1.02. The third-order valence-electron chi connectivity index (χ3n) is 4.11. The molecule has 1 rings (SSSR count). The summed E-state index contributed by atoms with van der Waals surface area (Å²) in [5, 5.41) is 3.18. The summed E-state index contributed by atoms with van der Waals surface area (Å²) in [4.78, 5) is 0. The predicted molar refractivity (Wildman–Crippen MR) is 87.6 cm³/mol. The first kappa shape index (κ1) is 17.0. The van der Waals surface area contributed by atoms with Gasteiger partial charge in [-0.15, -0.1) is 0 Å². The van der Waals surface area contributed by atoms with Crippen molar-refractivity contribution in [3.05, 3.63) is 29.8 Å². The van der Waals surface area contributed by atoms with Crippen molar-refractivity contribution in [3.8, 4) is 5.75 Å². The van der Waals surface area contributed by atoms with E-state index in [4.69, 9.17) is 4.74 Å². The van der Waals surface area contributed by atoms with E-state index < -0.39 is 0 Å². The maximum atomic E-state index is 5.80. The summed E-state index contributed by atoms with van der Waals surface area (Å²) in [5.74, 6) is 0.996. The van der Waals surface area contributed by atoms with Gasteiger partial charge in [0.2, 0.25) is 0 Å². The Morgan fingerprint density at radius 2 is 1.65 bits per heavy atom. The van der Waals surface area contributed by atoms with Crippen LogP contribution in [0.3, 0.4) is 0 Å². The zero-order chi connectivity index (χ0) is 14.8. The van der Waals surface area contributed by atoms with Crippen molar-refractivity contribution in [2.24, 2.45) is 0 Å². The molecule has 114 valence electrons. The van der Waals surface area contributed by atoms with Gasteiger partial charge in [-0.05, 0) is 56.0 Å². The minimum atomic E-state index is 0.256. The van der Waals surface area contributed by atoms with Crippen molar-refractivity contribution in [1.82, 2.24) is 5.32 Å². The maximum Gasteiger partial charge on any atom is 0.119 e. The van der Waals surface area contributed by atoms with Gasteiger partial charge >= 0.3 is 0 Å². The van der Waals surface area contributed by atoms with Crippen LogP contribution < -0.4 is 10.1 Å². The highest BCUT2D eigenvalue weighted by Gasteiger charge is 2.17. The highest BCUT2D eigenvalue weighted by Crippen LogP contribution is 2.28. The molecule has 1 N–H and O–H groups in total. The Morgan fingerprint density at radius 1 is 1.00 bits per heavy atom. The van der Waals surface area contributed by atoms with E-state index in [-0.39, 0.29) is 5.41 Å². The fraction of sp³-hybridized carbons (Fsp3) is 0.667. The second kappa shape index (κ2) is 9.02. The summed E-state index contributed by atoms with van der Waals surface area (Å²) >= 11 is 0. The van der Waals surface area contributed by atoms with E-state index in [1.54, 1.807) is 0 Å². The summed E-state index contributed by atoms with van der Waals surface area (Å²) in [5.41, 5.74) is 1.64. The zero-order valence-corrected chi connectivity index (χ0v) is 13.7. The van der Waals surface area contributed by atoms with Crippen LogP contribution in [0.2, 0.25) is 0 Å². The number of nitrogens with one attached hydrogen (secondary N) is 1. The topological polar surface area (TPSA) is 21.3 Å². The molecule has 0 bridgehead atoms. The molecule has 2 nitrogen and oxygen atoms in total. The molecule has 0 spiro atoms. The van der Waals surface area contributed by atoms with Gasteiger partial charge in [0.05, 0.1) is 6.61 Å². The molecule has 20 heavy (non-hydrogen) atoms. The molecule has 0 aliphatic heterocycles. The summed E-state index contributed by atoms with van der Waals surface area (Å²) in [7, 11) is 2.01. The summed E-state index contributed by atoms with van der Waals surface area (Å²) < 4.78 is 5.80. The zero-order valence-electron chi connectivity index (χ0n) is 13.7. The van der Waals surface area contributed by atoms with Crippen LogP contribution in [0.4, 0.5) is 0 Å². The average molecular weight is 277 g/mol. The molecule has 0 atom stereocenters. The standard InChI is InChI=1S/C18H31NO/c1-5-18(2,3)16-10-12-17(13-11-16)20-15-9-7-6-8-14-19-4/h10-13,19H,5-9,14-15H2,1-4H3. The number of hydrogen-bond donors (Lipinski definition) is 1. The van der Waals surface area contributed by atoms with Crippen molar-refractivity contribution in [2.75, 3.05) is 20.2 Å². The Bertz CT molecular complexity index is 356. The van der Waals surface area contributed by atoms with E-state index in [1.165, 1.54) is 24.8 Å². The average Bonchev–Trinajstić information content (AvgIpc) is 2.47. The molecule has 0 saturated carbocycles. The van der Waals surface area contributed by atoms with E-state index in [0.29, 0.717) is 0 Å². The number of ether oxygens (including phenoxy) is 1. The van der Waals surface area contributed by atoms with Gasteiger partial charge in [0.15, 0.2) is 0 Å². The van der Waals surface area contributed by atoms with Crippen molar-refractivity contribution in [2.45, 2.75) is 58.3 Å². The lowest BCUT2D eigenvalue weighted by Crippen LogP contribution is -2.15. The third kappa shape index (κ3) is 5.96. The number of hydrogen-bond acceptors (Lipinski definition) is 2. The van der Waals surface area contributed by atoms with Crippen LogP contribution in [0, 0.1) is 0 Å². The Kier molecular flexibility index (Phi) is 7.68. The minimum Gasteiger partial charge on any atom is -0.494 e. The molecule has 0 fully saturated rings. The second-order valence-electron chi connectivity index (χ2n) is 6.13. The van der Waals surface area contributed by atoms with Gasteiger partial charge in [-0.2, -0.15) is 0 Å². The van der Waals surface area contributed by atoms with Crippen LogP contribution in [0.25, 0.3) is 0 Å². The lowest BCUT2D eigenvalue weighted by atomic mass is 9.82. The smallest absolute Gasteiger partial charge is 0.119 e. The number of rotatable bonds is 10. The van der Waals surface area contributed by atoms with Crippen LogP contribution in [0.5, 0.6) is 5.75 Å². The molecular weight excluding hydrogens is 246 g/mol. The Balaban J connectivity index is 2.25. The van der Waals surface area contributed by atoms with Crippen molar-refractivity contribution in [1.29, 1.82) is 0 Å². The highest BCUT2D eigenvalue weighted by atomic mass is 16.5. The third-order valence-corrected chi connectivity index (χ3v) is 4.11. The van der Waals surface area contributed by atoms with Gasteiger partial charge in [-0.3, -0.25) is 0 Å². The SMILES string of the molecule is CCC(C)(C)c1ccc(OCCCCCCNC)cc1. The first-order valence-corrected chi connectivity index (χ1v) is 7.98. The van der Waals surface area contributed by atoms with Crippen LogP contribution in [0.1, 0.15) is 58.4 Å². The van der Waals surface area contributed by atoms with E-state index in [1.807, 2.05) is 7.05 Å². The molecule has 0 aromatic heterocycles. The first-order valence-electron chi connectivity index (χ1n) is 7.98. The predicted octanol–water partition coefficient (Wildman–Crippen LogP) is 4.53. The van der Waals surface area contributed by atoms with Gasteiger partial charge in [0.25, 0.3) is 0 Å². The number of benzene rings is 1. The van der Waals surface area contributed by atoms with Crippen molar-refractivity contribution >= 4 is 0 Å². The van der Waals surface area contributed by atoms with Crippen molar-refractivity contribution < 1.29 is 4.74 Å². The van der Waals surface area contributed by atoms with Gasteiger partial charge in [-0.25, -0.2) is 0 Å². The lowest BCUT2D eigenvalue weighted by molar-refractivity contribution is 0.304. The number of unbranched alkanes of at least 4 members (excludes halogenated alkanes) is 3. The summed E-state index contributed by atoms with van der Waals surface area (Å²) in [6.45, 7) is 8.76. The molecular formula is C18H31NO. The van der Waals surface area contributed by atoms with Gasteiger partial charge in [0.1, 0.15) is 5.75 Å². The van der Waals surface area contributed by atoms with Crippen molar-refractivity contribution in [3.63, 3.8) is 0 Å². The molecule has 1 aromatic carbocycles. The minimum absolute atomic E-state index is 0.256. The second-order valence-corrected chi connectivity index (χ2v) is 6.13. The van der Waals surface area contributed by atoms with Crippen LogP contribution in [-0.4, -0.2) is 20.2 Å². The molecule has 0 aliphatic carbocycles. The monoisotopic (exact) mass is 277 g/mol. The quantitative estimate of drug-likeness (QED) is 0.634.